The van der Waals surface area contributed by atoms with Gasteiger partial charge < -0.3 is 5.32 Å². The van der Waals surface area contributed by atoms with Gasteiger partial charge in [-0.05, 0) is 69.0 Å². The summed E-state index contributed by atoms with van der Waals surface area (Å²) in [5.41, 5.74) is 2.17. The molecule has 1 atom stereocenters. The zero-order chi connectivity index (χ0) is 13.2. The molecule has 18 heavy (non-hydrogen) atoms. The molecule has 0 spiro atoms. The number of benzene rings is 1. The SMILES string of the molecule is Cc1ccc(S(=O)(=O)CC2CCCNC2)cc1C. The molecule has 1 heterocycles. The molecule has 1 aliphatic rings. The predicted octanol–water partition coefficient (Wildman–Crippen LogP) is 2.08. The average molecular weight is 267 g/mol. The van der Waals surface area contributed by atoms with Crippen LogP contribution in [0.2, 0.25) is 0 Å². The first-order valence-corrected chi connectivity index (χ1v) is 8.15. The van der Waals surface area contributed by atoms with Crippen LogP contribution in [0.1, 0.15) is 24.0 Å². The van der Waals surface area contributed by atoms with Crippen molar-refractivity contribution in [2.45, 2.75) is 31.6 Å². The Hall–Kier alpha value is -0.870. The summed E-state index contributed by atoms with van der Waals surface area (Å²) >= 11 is 0. The number of hydrogen-bond acceptors (Lipinski definition) is 3. The van der Waals surface area contributed by atoms with E-state index in [1.807, 2.05) is 19.9 Å². The van der Waals surface area contributed by atoms with E-state index in [9.17, 15) is 8.42 Å². The van der Waals surface area contributed by atoms with E-state index >= 15 is 0 Å². The number of piperidine rings is 1. The molecular weight excluding hydrogens is 246 g/mol. The Morgan fingerprint density at radius 3 is 2.67 bits per heavy atom. The van der Waals surface area contributed by atoms with Crippen molar-refractivity contribution in [2.24, 2.45) is 5.92 Å². The van der Waals surface area contributed by atoms with E-state index in [-0.39, 0.29) is 11.7 Å². The van der Waals surface area contributed by atoms with Crippen LogP contribution in [0.5, 0.6) is 0 Å². The quantitative estimate of drug-likeness (QED) is 0.912. The average Bonchev–Trinajstić information content (AvgIpc) is 2.33. The fourth-order valence-corrected chi connectivity index (χ4v) is 4.11. The number of hydrogen-bond donors (Lipinski definition) is 1. The number of aryl methyl sites for hydroxylation is 2. The molecule has 0 bridgehead atoms. The maximum Gasteiger partial charge on any atom is 0.178 e. The highest BCUT2D eigenvalue weighted by molar-refractivity contribution is 7.91. The molecular formula is C14H21NO2S. The van der Waals surface area contributed by atoms with Gasteiger partial charge in [0.2, 0.25) is 0 Å². The highest BCUT2D eigenvalue weighted by Gasteiger charge is 2.23. The smallest absolute Gasteiger partial charge is 0.178 e. The van der Waals surface area contributed by atoms with Crippen molar-refractivity contribution in [1.82, 2.24) is 5.32 Å². The van der Waals surface area contributed by atoms with Crippen molar-refractivity contribution in [3.8, 4) is 0 Å². The van der Waals surface area contributed by atoms with Gasteiger partial charge in [0.15, 0.2) is 9.84 Å². The Bertz CT molecular complexity index is 517. The Morgan fingerprint density at radius 1 is 1.28 bits per heavy atom. The third-order valence-corrected chi connectivity index (χ3v) is 5.57. The summed E-state index contributed by atoms with van der Waals surface area (Å²) in [6, 6.07) is 5.41. The predicted molar refractivity (Wildman–Crippen MR) is 73.6 cm³/mol. The third-order valence-electron chi connectivity index (χ3n) is 3.69. The van der Waals surface area contributed by atoms with Gasteiger partial charge in [0.25, 0.3) is 0 Å². The molecule has 3 nitrogen and oxygen atoms in total. The molecule has 0 saturated carbocycles. The van der Waals surface area contributed by atoms with Crippen LogP contribution in [0.4, 0.5) is 0 Å². The van der Waals surface area contributed by atoms with Crippen LogP contribution in [0.3, 0.4) is 0 Å². The Labute approximate surface area is 110 Å². The maximum absolute atomic E-state index is 12.3. The lowest BCUT2D eigenvalue weighted by molar-refractivity contribution is 0.404. The van der Waals surface area contributed by atoms with E-state index in [0.717, 1.165) is 37.1 Å². The molecule has 100 valence electrons. The minimum absolute atomic E-state index is 0.255. The lowest BCUT2D eigenvalue weighted by Crippen LogP contribution is -2.33. The second-order valence-corrected chi connectivity index (χ2v) is 7.27. The molecule has 1 saturated heterocycles. The molecule has 0 aromatic heterocycles. The third kappa shape index (κ3) is 3.12. The van der Waals surface area contributed by atoms with Gasteiger partial charge >= 0.3 is 0 Å². The molecule has 0 amide bonds. The van der Waals surface area contributed by atoms with Crippen molar-refractivity contribution in [3.63, 3.8) is 0 Å². The summed E-state index contributed by atoms with van der Waals surface area (Å²) in [6.45, 7) is 5.79. The summed E-state index contributed by atoms with van der Waals surface area (Å²) < 4.78 is 24.7. The molecule has 1 aromatic rings. The van der Waals surface area contributed by atoms with Gasteiger partial charge in [-0.2, -0.15) is 0 Å². The van der Waals surface area contributed by atoms with Gasteiger partial charge in [-0.1, -0.05) is 6.07 Å². The summed E-state index contributed by atoms with van der Waals surface area (Å²) in [7, 11) is -3.14. The number of sulfone groups is 1. The topological polar surface area (TPSA) is 46.2 Å². The highest BCUT2D eigenvalue weighted by atomic mass is 32.2. The summed E-state index contributed by atoms with van der Waals surface area (Å²) in [5, 5.41) is 3.26. The molecule has 1 fully saturated rings. The molecule has 1 aromatic carbocycles. The van der Waals surface area contributed by atoms with Crippen LogP contribution < -0.4 is 5.32 Å². The monoisotopic (exact) mass is 267 g/mol. The van der Waals surface area contributed by atoms with Crippen LogP contribution in [-0.2, 0) is 9.84 Å². The largest absolute Gasteiger partial charge is 0.316 e. The van der Waals surface area contributed by atoms with E-state index in [0.29, 0.717) is 4.90 Å². The summed E-state index contributed by atoms with van der Waals surface area (Å²) in [4.78, 5) is 0.469. The van der Waals surface area contributed by atoms with Gasteiger partial charge in [-0.25, -0.2) is 8.42 Å². The van der Waals surface area contributed by atoms with E-state index < -0.39 is 9.84 Å². The van der Waals surface area contributed by atoms with Crippen LogP contribution in [0, 0.1) is 19.8 Å². The first-order chi connectivity index (χ1) is 8.49. The van der Waals surface area contributed by atoms with Crippen LogP contribution in [0.15, 0.2) is 23.1 Å². The summed E-state index contributed by atoms with van der Waals surface area (Å²) in [5.74, 6) is 0.521. The van der Waals surface area contributed by atoms with Gasteiger partial charge in [-0.15, -0.1) is 0 Å². The molecule has 1 N–H and O–H groups in total. The lowest BCUT2D eigenvalue weighted by atomic mass is 10.0. The van der Waals surface area contributed by atoms with Crippen LogP contribution in [-0.4, -0.2) is 27.3 Å². The molecule has 1 aliphatic heterocycles. The minimum Gasteiger partial charge on any atom is -0.316 e. The van der Waals surface area contributed by atoms with Crippen molar-refractivity contribution in [1.29, 1.82) is 0 Å². The fraction of sp³-hybridized carbons (Fsp3) is 0.571. The van der Waals surface area contributed by atoms with Crippen LogP contribution in [0.25, 0.3) is 0 Å². The zero-order valence-electron chi connectivity index (χ0n) is 11.1. The standard InChI is InChI=1S/C14H21NO2S/c1-11-5-6-14(8-12(11)2)18(16,17)10-13-4-3-7-15-9-13/h5-6,8,13,15H,3-4,7,9-10H2,1-2H3. The molecule has 1 unspecified atom stereocenters. The van der Waals surface area contributed by atoms with E-state index in [1.165, 1.54) is 0 Å². The van der Waals surface area contributed by atoms with E-state index in [1.54, 1.807) is 12.1 Å². The van der Waals surface area contributed by atoms with Gasteiger partial charge in [0.1, 0.15) is 0 Å². The van der Waals surface area contributed by atoms with Gasteiger partial charge in [-0.3, -0.25) is 0 Å². The number of rotatable bonds is 3. The zero-order valence-corrected chi connectivity index (χ0v) is 11.9. The van der Waals surface area contributed by atoms with E-state index in [2.05, 4.69) is 5.32 Å². The van der Waals surface area contributed by atoms with Crippen molar-refractivity contribution in [3.05, 3.63) is 29.3 Å². The lowest BCUT2D eigenvalue weighted by Gasteiger charge is -2.22. The maximum atomic E-state index is 12.3. The first-order valence-electron chi connectivity index (χ1n) is 6.50. The number of nitrogens with one attached hydrogen (secondary N) is 1. The van der Waals surface area contributed by atoms with E-state index in [4.69, 9.17) is 0 Å². The second kappa shape index (κ2) is 5.41. The van der Waals surface area contributed by atoms with Crippen molar-refractivity contribution >= 4 is 9.84 Å². The second-order valence-electron chi connectivity index (χ2n) is 5.24. The minimum atomic E-state index is -3.14. The van der Waals surface area contributed by atoms with Crippen LogP contribution >= 0.6 is 0 Å². The Morgan fingerprint density at radius 2 is 2.06 bits per heavy atom. The Balaban J connectivity index is 2.16. The van der Waals surface area contributed by atoms with Crippen molar-refractivity contribution < 1.29 is 8.42 Å². The molecule has 0 aliphatic carbocycles. The fourth-order valence-electron chi connectivity index (χ4n) is 2.38. The first kappa shape index (κ1) is 13.6. The van der Waals surface area contributed by atoms with Crippen molar-refractivity contribution in [2.75, 3.05) is 18.8 Å². The van der Waals surface area contributed by atoms with Gasteiger partial charge in [0, 0.05) is 0 Å². The molecule has 4 heteroatoms. The van der Waals surface area contributed by atoms with Gasteiger partial charge in [0.05, 0.1) is 10.6 Å². The molecule has 2 rings (SSSR count). The molecule has 0 radical (unpaired) electrons. The highest BCUT2D eigenvalue weighted by Crippen LogP contribution is 2.20. The summed E-state index contributed by atoms with van der Waals surface area (Å²) in [6.07, 6.45) is 2.09. The Kier molecular flexibility index (Phi) is 4.07. The normalized spacial score (nSPS) is 20.9.